The van der Waals surface area contributed by atoms with Gasteiger partial charge in [0, 0.05) is 16.0 Å². The van der Waals surface area contributed by atoms with E-state index in [4.69, 9.17) is 21.7 Å². The standard InChI is InChI=1S/C19H21NO3S3/c1-5-22-12-9-7-8-11-14(16(24)19(3,4)20-15(11)12)18-25-10-13(26-18)17(21)23-6-2/h7-10,20H,5-6H2,1-4H3/b18-14+. The molecule has 1 aromatic rings. The number of hydrogen-bond acceptors (Lipinski definition) is 7. The molecule has 4 nitrogen and oxygen atoms in total. The molecule has 1 N–H and O–H groups in total. The summed E-state index contributed by atoms with van der Waals surface area (Å²) in [6.07, 6.45) is 0. The topological polar surface area (TPSA) is 47.6 Å². The molecule has 0 fully saturated rings. The predicted octanol–water partition coefficient (Wildman–Crippen LogP) is 5.21. The first kappa shape index (κ1) is 19.3. The zero-order valence-electron chi connectivity index (χ0n) is 15.2. The number of thioether (sulfide) groups is 2. The number of para-hydroxylation sites is 1. The molecule has 0 aromatic heterocycles. The number of esters is 1. The van der Waals surface area contributed by atoms with Crippen LogP contribution in [0, 0.1) is 0 Å². The predicted molar refractivity (Wildman–Crippen MR) is 115 cm³/mol. The van der Waals surface area contributed by atoms with Gasteiger partial charge >= 0.3 is 5.97 Å². The summed E-state index contributed by atoms with van der Waals surface area (Å²) in [6, 6.07) is 5.97. The van der Waals surface area contributed by atoms with Gasteiger partial charge in [0.15, 0.2) is 0 Å². The molecule has 0 radical (unpaired) electrons. The third-order valence-corrected chi connectivity index (χ3v) is 7.05. The van der Waals surface area contributed by atoms with Gasteiger partial charge in [-0.25, -0.2) is 4.79 Å². The Morgan fingerprint density at radius 2 is 2.04 bits per heavy atom. The fourth-order valence-electron chi connectivity index (χ4n) is 2.81. The van der Waals surface area contributed by atoms with Gasteiger partial charge in [-0.15, -0.1) is 0 Å². The van der Waals surface area contributed by atoms with Gasteiger partial charge in [-0.1, -0.05) is 47.9 Å². The first-order valence-electron chi connectivity index (χ1n) is 8.44. The minimum absolute atomic E-state index is 0.289. The van der Waals surface area contributed by atoms with Gasteiger partial charge in [0.05, 0.1) is 28.7 Å². The Hall–Kier alpha value is -1.44. The highest BCUT2D eigenvalue weighted by Crippen LogP contribution is 2.52. The number of ether oxygens (including phenoxy) is 2. The summed E-state index contributed by atoms with van der Waals surface area (Å²) in [5, 5.41) is 5.36. The van der Waals surface area contributed by atoms with Gasteiger partial charge in [-0.3, -0.25) is 0 Å². The van der Waals surface area contributed by atoms with E-state index in [1.165, 1.54) is 23.5 Å². The van der Waals surface area contributed by atoms with E-state index in [1.807, 2.05) is 30.5 Å². The van der Waals surface area contributed by atoms with E-state index in [2.05, 4.69) is 19.2 Å². The molecular weight excluding hydrogens is 386 g/mol. The van der Waals surface area contributed by atoms with Gasteiger partial charge in [0.25, 0.3) is 0 Å². The molecule has 0 saturated heterocycles. The van der Waals surface area contributed by atoms with Crippen LogP contribution in [0.1, 0.15) is 33.3 Å². The minimum atomic E-state index is -0.397. The second-order valence-electron chi connectivity index (χ2n) is 6.28. The molecule has 0 bridgehead atoms. The zero-order chi connectivity index (χ0) is 18.9. The smallest absolute Gasteiger partial charge is 0.345 e. The number of anilines is 1. The Morgan fingerprint density at radius 1 is 1.27 bits per heavy atom. The molecule has 2 aliphatic heterocycles. The summed E-state index contributed by atoms with van der Waals surface area (Å²) in [4.78, 5) is 13.5. The van der Waals surface area contributed by atoms with Crippen LogP contribution >= 0.6 is 35.7 Å². The Bertz CT molecular complexity index is 827. The van der Waals surface area contributed by atoms with Crippen molar-refractivity contribution in [1.82, 2.24) is 0 Å². The summed E-state index contributed by atoms with van der Waals surface area (Å²) < 4.78 is 11.9. The molecule has 1 aromatic carbocycles. The van der Waals surface area contributed by atoms with Crippen LogP contribution in [-0.2, 0) is 9.53 Å². The molecule has 26 heavy (non-hydrogen) atoms. The van der Waals surface area contributed by atoms with Crippen LogP contribution in [0.4, 0.5) is 5.69 Å². The van der Waals surface area contributed by atoms with Crippen LogP contribution in [0.2, 0.25) is 0 Å². The van der Waals surface area contributed by atoms with Crippen molar-refractivity contribution in [3.8, 4) is 5.75 Å². The molecule has 2 aliphatic rings. The summed E-state index contributed by atoms with van der Waals surface area (Å²) in [5.41, 5.74) is 2.55. The van der Waals surface area contributed by atoms with Gasteiger partial charge in [-0.05, 0) is 39.2 Å². The van der Waals surface area contributed by atoms with E-state index in [1.54, 1.807) is 6.92 Å². The monoisotopic (exact) mass is 407 g/mol. The summed E-state index contributed by atoms with van der Waals surface area (Å²) in [7, 11) is 0. The number of hydrogen-bond donors (Lipinski definition) is 1. The highest BCUT2D eigenvalue weighted by Gasteiger charge is 2.38. The number of nitrogens with one attached hydrogen (secondary N) is 1. The highest BCUT2D eigenvalue weighted by molar-refractivity contribution is 8.28. The van der Waals surface area contributed by atoms with E-state index in [0.717, 1.165) is 31.7 Å². The van der Waals surface area contributed by atoms with E-state index >= 15 is 0 Å². The number of thiocarbonyl (C=S) groups is 1. The second-order valence-corrected chi connectivity index (χ2v) is 8.87. The molecule has 138 valence electrons. The minimum Gasteiger partial charge on any atom is -0.492 e. The van der Waals surface area contributed by atoms with E-state index in [-0.39, 0.29) is 5.97 Å². The van der Waals surface area contributed by atoms with Crippen LogP contribution in [0.3, 0.4) is 0 Å². The summed E-state index contributed by atoms with van der Waals surface area (Å²) in [5.74, 6) is 0.522. The second kappa shape index (κ2) is 7.66. The van der Waals surface area contributed by atoms with Crippen LogP contribution in [0.5, 0.6) is 5.75 Å². The third-order valence-electron chi connectivity index (χ3n) is 3.98. The molecule has 0 unspecified atom stereocenters. The lowest BCUT2D eigenvalue weighted by Crippen LogP contribution is -2.43. The maximum atomic E-state index is 12.1. The number of carbonyl (C=O) groups excluding carboxylic acids is 1. The fraction of sp³-hybridized carbons (Fsp3) is 0.368. The van der Waals surface area contributed by atoms with E-state index < -0.39 is 5.54 Å². The summed E-state index contributed by atoms with van der Waals surface area (Å²) in [6.45, 7) is 8.85. The molecule has 7 heteroatoms. The van der Waals surface area contributed by atoms with Gasteiger partial charge in [-0.2, -0.15) is 0 Å². The van der Waals surface area contributed by atoms with E-state index in [0.29, 0.717) is 18.1 Å². The molecule has 0 aliphatic carbocycles. The van der Waals surface area contributed by atoms with Crippen molar-refractivity contribution >= 4 is 57.8 Å². The maximum Gasteiger partial charge on any atom is 0.345 e. The third kappa shape index (κ3) is 3.52. The number of carbonyl (C=O) groups is 1. The molecule has 0 amide bonds. The lowest BCUT2D eigenvalue weighted by molar-refractivity contribution is -0.137. The van der Waals surface area contributed by atoms with Crippen molar-refractivity contribution in [3.63, 3.8) is 0 Å². The molecule has 0 atom stereocenters. The lowest BCUT2D eigenvalue weighted by atomic mass is 9.85. The number of fused-ring (bicyclic) bond motifs is 1. The highest BCUT2D eigenvalue weighted by atomic mass is 32.2. The molecular formula is C19H21NO3S3. The summed E-state index contributed by atoms with van der Waals surface area (Å²) >= 11 is 8.76. The Labute approximate surface area is 167 Å². The fourth-order valence-corrected chi connectivity index (χ4v) is 5.44. The van der Waals surface area contributed by atoms with Crippen molar-refractivity contribution < 1.29 is 14.3 Å². The maximum absolute atomic E-state index is 12.1. The largest absolute Gasteiger partial charge is 0.492 e. The first-order chi connectivity index (χ1) is 12.4. The van der Waals surface area contributed by atoms with Gasteiger partial charge in [0.2, 0.25) is 0 Å². The van der Waals surface area contributed by atoms with E-state index in [9.17, 15) is 4.79 Å². The quantitative estimate of drug-likeness (QED) is 0.417. The molecule has 0 saturated carbocycles. The molecule has 3 rings (SSSR count). The average Bonchev–Trinajstić information content (AvgIpc) is 3.07. The Balaban J connectivity index is 2.07. The van der Waals surface area contributed by atoms with Crippen LogP contribution < -0.4 is 10.1 Å². The average molecular weight is 408 g/mol. The van der Waals surface area contributed by atoms with Crippen LogP contribution in [0.25, 0.3) is 5.57 Å². The van der Waals surface area contributed by atoms with Crippen molar-refractivity contribution in [1.29, 1.82) is 0 Å². The van der Waals surface area contributed by atoms with Crippen LogP contribution in [-0.4, -0.2) is 29.6 Å². The SMILES string of the molecule is CCOC(=O)C1=CS/C(=C2\C(=S)C(C)(C)Nc3c(OCC)cccc32)S1. The van der Waals surface area contributed by atoms with Gasteiger partial charge < -0.3 is 14.8 Å². The Morgan fingerprint density at radius 3 is 2.73 bits per heavy atom. The van der Waals surface area contributed by atoms with Crippen molar-refractivity contribution in [2.24, 2.45) is 0 Å². The molecule has 2 heterocycles. The van der Waals surface area contributed by atoms with Crippen molar-refractivity contribution in [3.05, 3.63) is 38.3 Å². The first-order valence-corrected chi connectivity index (χ1v) is 10.5. The molecule has 0 spiro atoms. The normalized spacial score (nSPS) is 20.9. The van der Waals surface area contributed by atoms with Crippen molar-refractivity contribution in [2.45, 2.75) is 33.2 Å². The number of benzene rings is 1. The van der Waals surface area contributed by atoms with Crippen LogP contribution in [0.15, 0.2) is 32.7 Å². The van der Waals surface area contributed by atoms with Crippen molar-refractivity contribution in [2.75, 3.05) is 18.5 Å². The zero-order valence-corrected chi connectivity index (χ0v) is 17.6. The lowest BCUT2D eigenvalue weighted by Gasteiger charge is -2.37. The number of rotatable bonds is 4. The van der Waals surface area contributed by atoms with Gasteiger partial charge in [0.1, 0.15) is 10.7 Å². The Kier molecular flexibility index (Phi) is 5.69.